The van der Waals surface area contributed by atoms with Gasteiger partial charge in [0.1, 0.15) is 5.54 Å². The molecule has 0 spiro atoms. The molecule has 3 aromatic rings. The predicted octanol–water partition coefficient (Wildman–Crippen LogP) is 6.48. The predicted molar refractivity (Wildman–Crippen MR) is 124 cm³/mol. The van der Waals surface area contributed by atoms with E-state index in [1.165, 1.54) is 0 Å². The topological polar surface area (TPSA) is 49.4 Å². The Morgan fingerprint density at radius 3 is 2.23 bits per heavy atom. The van der Waals surface area contributed by atoms with E-state index in [2.05, 4.69) is 21.2 Å². The minimum atomic E-state index is -1.07. The van der Waals surface area contributed by atoms with Gasteiger partial charge in [0.25, 0.3) is 5.91 Å². The molecule has 0 aliphatic carbocycles. The molecule has 1 N–H and O–H groups in total. The van der Waals surface area contributed by atoms with E-state index in [1.54, 1.807) is 25.1 Å². The number of carbonyl (C=O) groups excluding carboxylic acids is 2. The lowest BCUT2D eigenvalue weighted by Gasteiger charge is -2.22. The van der Waals surface area contributed by atoms with Gasteiger partial charge in [-0.2, -0.15) is 0 Å². The van der Waals surface area contributed by atoms with Gasteiger partial charge in [-0.1, -0.05) is 75.5 Å². The Hall–Kier alpha value is -2.34. The molecule has 1 unspecified atom stereocenters. The zero-order chi connectivity index (χ0) is 21.5. The van der Waals surface area contributed by atoms with Gasteiger partial charge in [-0.3, -0.25) is 4.79 Å². The number of halogens is 3. The molecule has 0 saturated carbocycles. The maximum atomic E-state index is 13.1. The first-order valence-corrected chi connectivity index (χ1v) is 10.8. The molecule has 4 rings (SSSR count). The highest BCUT2D eigenvalue weighted by molar-refractivity contribution is 9.10. The molecular formula is C23H17BrCl2N2O2. The number of urea groups is 1. The fraction of sp³-hybridized carbons (Fsp3) is 0.130. The first kappa shape index (κ1) is 20.9. The summed E-state index contributed by atoms with van der Waals surface area (Å²) >= 11 is 15.6. The number of benzene rings is 3. The molecule has 1 saturated heterocycles. The van der Waals surface area contributed by atoms with Crippen LogP contribution in [-0.2, 0) is 11.2 Å². The highest BCUT2D eigenvalue weighted by Crippen LogP contribution is 2.32. The fourth-order valence-electron chi connectivity index (χ4n) is 3.60. The normalized spacial score (nSPS) is 18.6. The summed E-state index contributed by atoms with van der Waals surface area (Å²) in [5, 5.41) is 3.53. The molecule has 1 atom stereocenters. The van der Waals surface area contributed by atoms with E-state index < -0.39 is 11.6 Å². The van der Waals surface area contributed by atoms with Crippen LogP contribution in [0.15, 0.2) is 71.2 Å². The second-order valence-corrected chi connectivity index (χ2v) is 9.20. The van der Waals surface area contributed by atoms with Crippen LogP contribution in [0.1, 0.15) is 12.5 Å². The molecule has 30 heavy (non-hydrogen) atoms. The minimum absolute atomic E-state index is 0.345. The van der Waals surface area contributed by atoms with Gasteiger partial charge in [0.05, 0.1) is 5.69 Å². The van der Waals surface area contributed by atoms with E-state index >= 15 is 0 Å². The average molecular weight is 504 g/mol. The Bertz CT molecular complexity index is 1130. The number of carbonyl (C=O) groups is 2. The molecular weight excluding hydrogens is 487 g/mol. The van der Waals surface area contributed by atoms with Crippen molar-refractivity contribution in [1.29, 1.82) is 0 Å². The zero-order valence-electron chi connectivity index (χ0n) is 16.0. The standard InChI is InChI=1S/C23H17BrCl2N2O2/c1-23(13-14-5-7-15(8-6-14)16-3-2-4-17(24)9-16)21(29)28(22(30)27-23)20-11-18(25)10-19(26)12-20/h2-12H,13H2,1H3,(H,27,30). The Morgan fingerprint density at radius 2 is 1.60 bits per heavy atom. The van der Waals surface area contributed by atoms with Crippen molar-refractivity contribution >= 4 is 56.8 Å². The monoisotopic (exact) mass is 502 g/mol. The number of hydrogen-bond donors (Lipinski definition) is 1. The lowest BCUT2D eigenvalue weighted by atomic mass is 9.91. The van der Waals surface area contributed by atoms with Gasteiger partial charge in [0.2, 0.25) is 0 Å². The van der Waals surface area contributed by atoms with Gasteiger partial charge >= 0.3 is 6.03 Å². The molecule has 0 aromatic heterocycles. The summed E-state index contributed by atoms with van der Waals surface area (Å²) in [4.78, 5) is 26.8. The summed E-state index contributed by atoms with van der Waals surface area (Å²) in [6.45, 7) is 1.72. The molecule has 152 valence electrons. The molecule has 7 heteroatoms. The number of imide groups is 1. The van der Waals surface area contributed by atoms with Gasteiger partial charge in [-0.25, -0.2) is 9.69 Å². The molecule has 4 nitrogen and oxygen atoms in total. The van der Waals surface area contributed by atoms with Crippen molar-refractivity contribution < 1.29 is 9.59 Å². The maximum Gasteiger partial charge on any atom is 0.329 e. The molecule has 1 heterocycles. The van der Waals surface area contributed by atoms with Crippen molar-refractivity contribution in [2.24, 2.45) is 0 Å². The first-order valence-electron chi connectivity index (χ1n) is 9.23. The second kappa shape index (κ2) is 8.06. The number of nitrogens with one attached hydrogen (secondary N) is 1. The van der Waals surface area contributed by atoms with Gasteiger partial charge < -0.3 is 5.32 Å². The summed E-state index contributed by atoms with van der Waals surface area (Å²) in [7, 11) is 0. The van der Waals surface area contributed by atoms with Crippen LogP contribution in [0.25, 0.3) is 11.1 Å². The van der Waals surface area contributed by atoms with E-state index in [1.807, 2.05) is 48.5 Å². The van der Waals surface area contributed by atoms with Crippen molar-refractivity contribution in [3.05, 3.63) is 86.8 Å². The summed E-state index contributed by atoms with van der Waals surface area (Å²) in [6.07, 6.45) is 0.362. The summed E-state index contributed by atoms with van der Waals surface area (Å²) < 4.78 is 1.01. The van der Waals surface area contributed by atoms with Crippen molar-refractivity contribution in [1.82, 2.24) is 5.32 Å². The smallest absolute Gasteiger partial charge is 0.323 e. The highest BCUT2D eigenvalue weighted by atomic mass is 79.9. The molecule has 1 fully saturated rings. The number of hydrogen-bond acceptors (Lipinski definition) is 2. The van der Waals surface area contributed by atoms with Crippen LogP contribution in [0.5, 0.6) is 0 Å². The molecule has 1 aliphatic heterocycles. The van der Waals surface area contributed by atoms with Crippen LogP contribution < -0.4 is 10.2 Å². The molecule has 3 amide bonds. The van der Waals surface area contributed by atoms with E-state index in [0.29, 0.717) is 22.2 Å². The van der Waals surface area contributed by atoms with Crippen LogP contribution in [-0.4, -0.2) is 17.5 Å². The van der Waals surface area contributed by atoms with Gasteiger partial charge in [0.15, 0.2) is 0 Å². The SMILES string of the molecule is CC1(Cc2ccc(-c3cccc(Br)c3)cc2)NC(=O)N(c2cc(Cl)cc(Cl)c2)C1=O. The quantitative estimate of drug-likeness (QED) is 0.414. The molecule has 1 aliphatic rings. The summed E-state index contributed by atoms with van der Waals surface area (Å²) in [5.41, 5.74) is 2.39. The Balaban J connectivity index is 1.57. The minimum Gasteiger partial charge on any atom is -0.323 e. The third-order valence-corrected chi connectivity index (χ3v) is 5.97. The van der Waals surface area contributed by atoms with E-state index in [4.69, 9.17) is 23.2 Å². The van der Waals surface area contributed by atoms with Crippen LogP contribution in [0.2, 0.25) is 10.0 Å². The van der Waals surface area contributed by atoms with E-state index in [-0.39, 0.29) is 5.91 Å². The van der Waals surface area contributed by atoms with E-state index in [9.17, 15) is 9.59 Å². The second-order valence-electron chi connectivity index (χ2n) is 7.41. The van der Waals surface area contributed by atoms with Gasteiger partial charge in [-0.15, -0.1) is 0 Å². The lowest BCUT2D eigenvalue weighted by Crippen LogP contribution is -2.46. The van der Waals surface area contributed by atoms with Crippen LogP contribution in [0, 0.1) is 0 Å². The Kier molecular flexibility index (Phi) is 5.62. The third-order valence-electron chi connectivity index (χ3n) is 5.04. The summed E-state index contributed by atoms with van der Waals surface area (Å²) in [6, 6.07) is 20.2. The van der Waals surface area contributed by atoms with Gasteiger partial charge in [0, 0.05) is 20.9 Å². The number of rotatable bonds is 4. The lowest BCUT2D eigenvalue weighted by molar-refractivity contribution is -0.121. The maximum absolute atomic E-state index is 13.1. The first-order chi connectivity index (χ1) is 14.2. The molecule has 0 radical (unpaired) electrons. The number of nitrogens with zero attached hydrogens (tertiary/aromatic N) is 1. The van der Waals surface area contributed by atoms with Crippen LogP contribution in [0.3, 0.4) is 0 Å². The summed E-state index contributed by atoms with van der Waals surface area (Å²) in [5.74, 6) is -0.345. The Labute approximate surface area is 192 Å². The Morgan fingerprint density at radius 1 is 0.933 bits per heavy atom. The van der Waals surface area contributed by atoms with E-state index in [0.717, 1.165) is 26.1 Å². The zero-order valence-corrected chi connectivity index (χ0v) is 19.1. The van der Waals surface area contributed by atoms with Crippen molar-refractivity contribution in [2.75, 3.05) is 4.90 Å². The largest absolute Gasteiger partial charge is 0.329 e. The van der Waals surface area contributed by atoms with Gasteiger partial charge in [-0.05, 0) is 53.9 Å². The van der Waals surface area contributed by atoms with Crippen molar-refractivity contribution in [3.63, 3.8) is 0 Å². The third kappa shape index (κ3) is 4.10. The van der Waals surface area contributed by atoms with Crippen LogP contribution >= 0.6 is 39.1 Å². The fourth-order valence-corrected chi connectivity index (χ4v) is 4.51. The number of anilines is 1. The van der Waals surface area contributed by atoms with Crippen LogP contribution in [0.4, 0.5) is 10.5 Å². The van der Waals surface area contributed by atoms with Crippen molar-refractivity contribution in [2.45, 2.75) is 18.9 Å². The molecule has 3 aromatic carbocycles. The number of amides is 3. The average Bonchev–Trinajstić information content (AvgIpc) is 2.89. The van der Waals surface area contributed by atoms with Crippen molar-refractivity contribution in [3.8, 4) is 11.1 Å². The highest BCUT2D eigenvalue weighted by Gasteiger charge is 2.48. The molecule has 0 bridgehead atoms.